The first-order valence-electron chi connectivity index (χ1n) is 8.90. The van der Waals surface area contributed by atoms with Crippen molar-refractivity contribution in [2.75, 3.05) is 7.11 Å². The molecule has 2 aromatic heterocycles. The van der Waals surface area contributed by atoms with Crippen LogP contribution in [0.4, 0.5) is 0 Å². The fourth-order valence-electron chi connectivity index (χ4n) is 3.03. The molecule has 0 fully saturated rings. The third kappa shape index (κ3) is 3.67. The molecule has 0 spiro atoms. The summed E-state index contributed by atoms with van der Waals surface area (Å²) in [5, 5.41) is 3.90. The quantitative estimate of drug-likeness (QED) is 0.650. The van der Waals surface area contributed by atoms with Crippen LogP contribution in [0.5, 0.6) is 5.75 Å². The number of sulfonamides is 1. The van der Waals surface area contributed by atoms with Crippen molar-refractivity contribution in [1.82, 2.24) is 19.4 Å². The first-order valence-corrected chi connectivity index (χ1v) is 10.4. The van der Waals surface area contributed by atoms with Crippen molar-refractivity contribution in [3.05, 3.63) is 47.0 Å². The number of methoxy groups -OCH3 is 1. The molecule has 0 amide bonds. The Labute approximate surface area is 164 Å². The zero-order valence-electron chi connectivity index (χ0n) is 16.6. The topological polar surface area (TPSA) is 99.3 Å². The zero-order chi connectivity index (χ0) is 20.5. The summed E-state index contributed by atoms with van der Waals surface area (Å²) in [6.45, 7) is 5.63. The average molecular weight is 404 g/mol. The second kappa shape index (κ2) is 7.76. The number of ether oxygens (including phenoxy) is 1. The van der Waals surface area contributed by atoms with E-state index in [1.54, 1.807) is 20.1 Å². The summed E-state index contributed by atoms with van der Waals surface area (Å²) in [6, 6.07) is 7.25. The molecule has 8 nitrogen and oxygen atoms in total. The van der Waals surface area contributed by atoms with Gasteiger partial charge in [-0.3, -0.25) is 0 Å². The zero-order valence-corrected chi connectivity index (χ0v) is 17.4. The van der Waals surface area contributed by atoms with Crippen molar-refractivity contribution in [2.24, 2.45) is 7.05 Å². The Morgan fingerprint density at radius 2 is 2.00 bits per heavy atom. The molecule has 0 radical (unpaired) electrons. The molecule has 3 rings (SSSR count). The van der Waals surface area contributed by atoms with Gasteiger partial charge >= 0.3 is 0 Å². The second-order valence-electron chi connectivity index (χ2n) is 6.48. The highest BCUT2D eigenvalue weighted by atomic mass is 32.2. The van der Waals surface area contributed by atoms with Gasteiger partial charge in [-0.25, -0.2) is 13.1 Å². The van der Waals surface area contributed by atoms with E-state index >= 15 is 0 Å². The van der Waals surface area contributed by atoms with Gasteiger partial charge in [0.05, 0.1) is 12.7 Å². The number of aromatic nitrogens is 3. The minimum atomic E-state index is -3.83. The van der Waals surface area contributed by atoms with Crippen molar-refractivity contribution >= 4 is 10.0 Å². The number of hydrogen-bond acceptors (Lipinski definition) is 6. The summed E-state index contributed by atoms with van der Waals surface area (Å²) in [6.07, 6.45) is 0.602. The van der Waals surface area contributed by atoms with Crippen molar-refractivity contribution in [1.29, 1.82) is 0 Å². The van der Waals surface area contributed by atoms with Gasteiger partial charge in [-0.05, 0) is 31.5 Å². The van der Waals surface area contributed by atoms with Gasteiger partial charge in [-0.1, -0.05) is 24.2 Å². The van der Waals surface area contributed by atoms with Crippen LogP contribution in [-0.2, 0) is 30.0 Å². The summed E-state index contributed by atoms with van der Waals surface area (Å²) < 4.78 is 41.3. The first-order chi connectivity index (χ1) is 13.3. The molecule has 3 aromatic rings. The Morgan fingerprint density at radius 1 is 1.25 bits per heavy atom. The number of hydrogen-bond donors (Lipinski definition) is 1. The Morgan fingerprint density at radius 3 is 2.64 bits per heavy atom. The largest absolute Gasteiger partial charge is 0.497 e. The van der Waals surface area contributed by atoms with E-state index in [1.807, 2.05) is 43.7 Å². The van der Waals surface area contributed by atoms with Gasteiger partial charge in [0, 0.05) is 31.4 Å². The molecule has 0 aliphatic rings. The molecular formula is C19H24N4O4S. The van der Waals surface area contributed by atoms with Crippen LogP contribution in [0.2, 0.25) is 0 Å². The Balaban J connectivity index is 2.00. The van der Waals surface area contributed by atoms with E-state index in [0.717, 1.165) is 11.3 Å². The number of benzene rings is 1. The van der Waals surface area contributed by atoms with Gasteiger partial charge in [-0.15, -0.1) is 0 Å². The number of nitrogens with one attached hydrogen (secondary N) is 1. The van der Waals surface area contributed by atoms with E-state index in [-0.39, 0.29) is 17.3 Å². The standard InChI is InChI=1S/C19H24N4O4S/c1-6-16-21-19(27-22-16)17-12(2)23(4)13(3)18(17)28(24,25)20-11-14-8-7-9-15(10-14)26-5/h7-10,20H,6,11H2,1-5H3. The molecule has 0 atom stereocenters. The number of aryl methyl sites for hydroxylation is 1. The number of nitrogens with zero attached hydrogens (tertiary/aromatic N) is 3. The molecule has 28 heavy (non-hydrogen) atoms. The van der Waals surface area contributed by atoms with E-state index in [4.69, 9.17) is 9.26 Å². The molecule has 2 heterocycles. The fourth-order valence-corrected chi connectivity index (χ4v) is 4.56. The highest BCUT2D eigenvalue weighted by molar-refractivity contribution is 7.89. The van der Waals surface area contributed by atoms with E-state index < -0.39 is 10.0 Å². The molecule has 1 aromatic carbocycles. The highest BCUT2D eigenvalue weighted by Gasteiger charge is 2.30. The van der Waals surface area contributed by atoms with Gasteiger partial charge < -0.3 is 13.8 Å². The van der Waals surface area contributed by atoms with E-state index in [2.05, 4.69) is 14.9 Å². The lowest BCUT2D eigenvalue weighted by atomic mass is 10.2. The van der Waals surface area contributed by atoms with Crippen LogP contribution in [0.25, 0.3) is 11.5 Å². The molecule has 0 unspecified atom stereocenters. The molecule has 0 bridgehead atoms. The molecule has 1 N–H and O–H groups in total. The van der Waals surface area contributed by atoms with Crippen LogP contribution in [0.15, 0.2) is 33.7 Å². The smallest absolute Gasteiger partial charge is 0.261 e. The van der Waals surface area contributed by atoms with Gasteiger partial charge in [0.2, 0.25) is 10.0 Å². The average Bonchev–Trinajstić information content (AvgIpc) is 3.25. The minimum absolute atomic E-state index is 0.135. The maximum atomic E-state index is 13.2. The normalized spacial score (nSPS) is 11.8. The van der Waals surface area contributed by atoms with Crippen molar-refractivity contribution in [3.8, 4) is 17.2 Å². The number of rotatable bonds is 7. The second-order valence-corrected chi connectivity index (χ2v) is 8.18. The van der Waals surface area contributed by atoms with Gasteiger partial charge in [0.25, 0.3) is 5.89 Å². The van der Waals surface area contributed by atoms with Crippen molar-refractivity contribution < 1.29 is 17.7 Å². The van der Waals surface area contributed by atoms with Crippen LogP contribution in [0.3, 0.4) is 0 Å². The van der Waals surface area contributed by atoms with Gasteiger partial charge in [-0.2, -0.15) is 4.98 Å². The monoisotopic (exact) mass is 404 g/mol. The molecule has 0 aliphatic heterocycles. The predicted molar refractivity (Wildman–Crippen MR) is 105 cm³/mol. The molecule has 9 heteroatoms. The third-order valence-corrected chi connectivity index (χ3v) is 6.35. The summed E-state index contributed by atoms with van der Waals surface area (Å²) >= 11 is 0. The van der Waals surface area contributed by atoms with Crippen LogP contribution in [0, 0.1) is 13.8 Å². The molecule has 0 saturated heterocycles. The van der Waals surface area contributed by atoms with Gasteiger partial charge in [0.1, 0.15) is 10.6 Å². The lowest BCUT2D eigenvalue weighted by Gasteiger charge is -2.09. The molecular weight excluding hydrogens is 380 g/mol. The minimum Gasteiger partial charge on any atom is -0.497 e. The predicted octanol–water partition coefficient (Wildman–Crippen LogP) is 2.74. The molecule has 0 saturated carbocycles. The third-order valence-electron chi connectivity index (χ3n) is 4.79. The Bertz CT molecular complexity index is 1100. The van der Waals surface area contributed by atoms with Crippen molar-refractivity contribution in [2.45, 2.75) is 38.6 Å². The molecule has 0 aliphatic carbocycles. The van der Waals surface area contributed by atoms with Crippen molar-refractivity contribution in [3.63, 3.8) is 0 Å². The van der Waals surface area contributed by atoms with E-state index in [9.17, 15) is 8.42 Å². The van der Waals surface area contributed by atoms with E-state index in [1.165, 1.54) is 0 Å². The van der Waals surface area contributed by atoms with E-state index in [0.29, 0.717) is 29.3 Å². The Hall–Kier alpha value is -2.65. The SMILES string of the molecule is CCc1noc(-c2c(S(=O)(=O)NCc3cccc(OC)c3)c(C)n(C)c2C)n1. The summed E-state index contributed by atoms with van der Waals surface area (Å²) in [5.74, 6) is 1.41. The lowest BCUT2D eigenvalue weighted by molar-refractivity contribution is 0.414. The molecule has 150 valence electrons. The highest BCUT2D eigenvalue weighted by Crippen LogP contribution is 2.34. The first kappa shape index (κ1) is 20.1. The van der Waals surface area contributed by atoms with Crippen LogP contribution in [-0.4, -0.2) is 30.2 Å². The fraction of sp³-hybridized carbons (Fsp3) is 0.368. The maximum Gasteiger partial charge on any atom is 0.261 e. The maximum absolute atomic E-state index is 13.2. The van der Waals surface area contributed by atoms with Crippen LogP contribution < -0.4 is 9.46 Å². The van der Waals surface area contributed by atoms with Crippen LogP contribution in [0.1, 0.15) is 29.7 Å². The summed E-state index contributed by atoms with van der Waals surface area (Å²) in [5.41, 5.74) is 2.57. The summed E-state index contributed by atoms with van der Waals surface area (Å²) in [4.78, 5) is 4.48. The Kier molecular flexibility index (Phi) is 5.57. The summed E-state index contributed by atoms with van der Waals surface area (Å²) in [7, 11) is -0.444. The lowest BCUT2D eigenvalue weighted by Crippen LogP contribution is -2.24. The van der Waals surface area contributed by atoms with Gasteiger partial charge in [0.15, 0.2) is 5.82 Å². The van der Waals surface area contributed by atoms with Crippen LogP contribution >= 0.6 is 0 Å².